The molecule has 3 rings (SSSR count). The highest BCUT2D eigenvalue weighted by Gasteiger charge is 2.15. The van der Waals surface area contributed by atoms with Gasteiger partial charge in [-0.2, -0.15) is 0 Å². The molecule has 9 heteroatoms. The van der Waals surface area contributed by atoms with Crippen molar-refractivity contribution in [1.29, 1.82) is 0 Å². The van der Waals surface area contributed by atoms with Gasteiger partial charge in [-0.1, -0.05) is 59.2 Å². The molecule has 0 spiro atoms. The molecule has 1 heterocycles. The molecule has 3 N–H and O–H groups in total. The monoisotopic (exact) mass is 421 g/mol. The molecule has 1 amide bonds. The van der Waals surface area contributed by atoms with E-state index in [0.717, 1.165) is 12.0 Å². The van der Waals surface area contributed by atoms with Crippen molar-refractivity contribution in [3.05, 3.63) is 64.1 Å². The number of thioether (sulfide) groups is 1. The van der Waals surface area contributed by atoms with E-state index in [-0.39, 0.29) is 11.7 Å². The molecule has 0 saturated heterocycles. The maximum Gasteiger partial charge on any atom is 0.230 e. The zero-order chi connectivity index (χ0) is 19.2. The molecule has 1 aromatic heterocycles. The largest absolute Gasteiger partial charge is 0.355 e. The first-order valence-corrected chi connectivity index (χ1v) is 9.88. The molecule has 140 valence electrons. The lowest BCUT2D eigenvalue weighted by Crippen LogP contribution is -2.27. The van der Waals surface area contributed by atoms with Crippen molar-refractivity contribution < 1.29 is 4.79 Å². The van der Waals surface area contributed by atoms with E-state index in [4.69, 9.17) is 29.0 Å². The van der Waals surface area contributed by atoms with Crippen LogP contribution in [0.4, 0.5) is 0 Å². The van der Waals surface area contributed by atoms with Crippen molar-refractivity contribution >= 4 is 40.9 Å². The Morgan fingerprint density at radius 3 is 2.59 bits per heavy atom. The summed E-state index contributed by atoms with van der Waals surface area (Å²) in [6, 6.07) is 14.8. The lowest BCUT2D eigenvalue weighted by atomic mass is 10.1. The molecule has 2 aromatic carbocycles. The molecule has 0 saturated carbocycles. The number of carbonyl (C=O) groups is 1. The normalized spacial score (nSPS) is 10.7. The molecule has 0 fully saturated rings. The molecule has 0 atom stereocenters. The van der Waals surface area contributed by atoms with E-state index in [1.54, 1.807) is 6.07 Å². The van der Waals surface area contributed by atoms with Gasteiger partial charge in [0, 0.05) is 17.1 Å². The van der Waals surface area contributed by atoms with Crippen molar-refractivity contribution in [2.45, 2.75) is 11.6 Å². The summed E-state index contributed by atoms with van der Waals surface area (Å²) < 4.78 is 1.34. The number of nitrogens with one attached hydrogen (secondary N) is 1. The molecule has 0 aliphatic heterocycles. The highest BCUT2D eigenvalue weighted by molar-refractivity contribution is 7.99. The first-order chi connectivity index (χ1) is 13.0. The Hall–Kier alpha value is -2.22. The maximum absolute atomic E-state index is 12.0. The van der Waals surface area contributed by atoms with Crippen molar-refractivity contribution in [2.24, 2.45) is 0 Å². The Kier molecular flexibility index (Phi) is 6.60. The van der Waals surface area contributed by atoms with Gasteiger partial charge in [0.25, 0.3) is 0 Å². The third-order valence-corrected chi connectivity index (χ3v) is 5.29. The summed E-state index contributed by atoms with van der Waals surface area (Å²) in [5, 5.41) is 12.7. The Morgan fingerprint density at radius 1 is 1.11 bits per heavy atom. The van der Waals surface area contributed by atoms with Gasteiger partial charge in [-0.05, 0) is 36.2 Å². The fourth-order valence-corrected chi connectivity index (χ4v) is 3.41. The second-order valence-corrected chi connectivity index (χ2v) is 7.46. The zero-order valence-electron chi connectivity index (χ0n) is 14.2. The van der Waals surface area contributed by atoms with Gasteiger partial charge >= 0.3 is 0 Å². The van der Waals surface area contributed by atoms with Crippen molar-refractivity contribution in [3.63, 3.8) is 0 Å². The number of rotatable bonds is 7. The average Bonchev–Trinajstić information content (AvgIpc) is 3.02. The first-order valence-electron chi connectivity index (χ1n) is 8.14. The molecule has 0 radical (unpaired) electrons. The summed E-state index contributed by atoms with van der Waals surface area (Å²) in [6.45, 7) is 0.543. The number of halogens is 2. The molecule has 6 nitrogen and oxygen atoms in total. The lowest BCUT2D eigenvalue weighted by molar-refractivity contribution is -0.118. The number of nitrogen functional groups attached to an aromatic ring is 1. The number of aromatic nitrogens is 3. The van der Waals surface area contributed by atoms with Gasteiger partial charge in [0.15, 0.2) is 5.82 Å². The number of benzene rings is 2. The lowest BCUT2D eigenvalue weighted by Gasteiger charge is -2.06. The minimum Gasteiger partial charge on any atom is -0.355 e. The van der Waals surface area contributed by atoms with Crippen LogP contribution in [0.5, 0.6) is 0 Å². The van der Waals surface area contributed by atoms with E-state index < -0.39 is 0 Å². The third kappa shape index (κ3) is 5.15. The average molecular weight is 422 g/mol. The Labute approximate surface area is 171 Å². The van der Waals surface area contributed by atoms with Crippen LogP contribution in [0.3, 0.4) is 0 Å². The Bertz CT molecular complexity index is 930. The standard InChI is InChI=1S/C18H17Cl2N5OS/c19-13-7-5-12(6-8-13)9-10-22-16(26)11-27-18-24-23-17(25(18)21)14-3-1-2-4-15(14)20/h1-8H,9-11,21H2,(H,22,26). The minimum absolute atomic E-state index is 0.101. The fraction of sp³-hybridized carbons (Fsp3) is 0.167. The van der Waals surface area contributed by atoms with Crippen LogP contribution in [0.1, 0.15) is 5.56 Å². The Morgan fingerprint density at radius 2 is 1.85 bits per heavy atom. The number of hydrogen-bond donors (Lipinski definition) is 2. The van der Waals surface area contributed by atoms with Crippen LogP contribution in [-0.2, 0) is 11.2 Å². The van der Waals surface area contributed by atoms with Crippen LogP contribution in [0.25, 0.3) is 11.4 Å². The minimum atomic E-state index is -0.101. The molecule has 0 bridgehead atoms. The molecule has 0 aliphatic rings. The quantitative estimate of drug-likeness (QED) is 0.450. The summed E-state index contributed by atoms with van der Waals surface area (Å²) in [4.78, 5) is 12.0. The predicted molar refractivity (Wildman–Crippen MR) is 110 cm³/mol. The zero-order valence-corrected chi connectivity index (χ0v) is 16.6. The fourth-order valence-electron chi connectivity index (χ4n) is 2.38. The predicted octanol–water partition coefficient (Wildman–Crippen LogP) is 3.42. The van der Waals surface area contributed by atoms with Gasteiger partial charge in [0.05, 0.1) is 10.8 Å². The van der Waals surface area contributed by atoms with E-state index in [9.17, 15) is 4.79 Å². The van der Waals surface area contributed by atoms with Crippen LogP contribution in [0.15, 0.2) is 53.7 Å². The van der Waals surface area contributed by atoms with E-state index in [1.165, 1.54) is 16.4 Å². The molecular weight excluding hydrogens is 405 g/mol. The van der Waals surface area contributed by atoms with Crippen LogP contribution >= 0.6 is 35.0 Å². The molecule has 3 aromatic rings. The second kappa shape index (κ2) is 9.12. The van der Waals surface area contributed by atoms with Crippen LogP contribution in [-0.4, -0.2) is 33.1 Å². The van der Waals surface area contributed by atoms with Gasteiger partial charge in [-0.25, -0.2) is 4.68 Å². The number of carbonyl (C=O) groups excluding carboxylic acids is 1. The van der Waals surface area contributed by atoms with E-state index in [1.807, 2.05) is 42.5 Å². The molecule has 0 unspecified atom stereocenters. The summed E-state index contributed by atoms with van der Waals surface area (Å²) in [6.07, 6.45) is 0.733. The number of hydrogen-bond acceptors (Lipinski definition) is 5. The van der Waals surface area contributed by atoms with Crippen molar-refractivity contribution in [2.75, 3.05) is 18.1 Å². The van der Waals surface area contributed by atoms with Gasteiger partial charge in [-0.15, -0.1) is 10.2 Å². The second-order valence-electron chi connectivity index (χ2n) is 5.67. The number of nitrogens with zero attached hydrogens (tertiary/aromatic N) is 3. The van der Waals surface area contributed by atoms with Crippen LogP contribution in [0, 0.1) is 0 Å². The summed E-state index contributed by atoms with van der Waals surface area (Å²) in [5.74, 6) is 6.59. The third-order valence-electron chi connectivity index (χ3n) is 3.76. The maximum atomic E-state index is 12.0. The van der Waals surface area contributed by atoms with Gasteiger partial charge in [0.2, 0.25) is 11.1 Å². The highest BCUT2D eigenvalue weighted by Crippen LogP contribution is 2.27. The number of nitrogens with two attached hydrogens (primary N) is 1. The van der Waals surface area contributed by atoms with Gasteiger partial charge in [-0.3, -0.25) is 4.79 Å². The Balaban J connectivity index is 1.50. The summed E-state index contributed by atoms with van der Waals surface area (Å²) in [7, 11) is 0. The van der Waals surface area contributed by atoms with Crippen LogP contribution in [0.2, 0.25) is 10.0 Å². The highest BCUT2D eigenvalue weighted by atomic mass is 35.5. The smallest absolute Gasteiger partial charge is 0.230 e. The SMILES string of the molecule is Nn1c(SCC(=O)NCCc2ccc(Cl)cc2)nnc1-c1ccccc1Cl. The number of amides is 1. The van der Waals surface area contributed by atoms with Crippen molar-refractivity contribution in [1.82, 2.24) is 20.2 Å². The first kappa shape index (κ1) is 19.5. The topological polar surface area (TPSA) is 85.8 Å². The van der Waals surface area contributed by atoms with Crippen molar-refractivity contribution in [3.8, 4) is 11.4 Å². The van der Waals surface area contributed by atoms with E-state index >= 15 is 0 Å². The van der Waals surface area contributed by atoms with Gasteiger partial charge < -0.3 is 11.2 Å². The molecule has 0 aliphatic carbocycles. The summed E-state index contributed by atoms with van der Waals surface area (Å²) >= 11 is 13.2. The van der Waals surface area contributed by atoms with E-state index in [0.29, 0.717) is 33.1 Å². The van der Waals surface area contributed by atoms with Gasteiger partial charge in [0.1, 0.15) is 0 Å². The van der Waals surface area contributed by atoms with E-state index in [2.05, 4.69) is 15.5 Å². The molecule has 27 heavy (non-hydrogen) atoms. The summed E-state index contributed by atoms with van der Waals surface area (Å²) in [5.41, 5.74) is 1.80. The molecular formula is C18H17Cl2N5OS. The van der Waals surface area contributed by atoms with Crippen LogP contribution < -0.4 is 11.2 Å².